The zero-order chi connectivity index (χ0) is 13.3. The van der Waals surface area contributed by atoms with E-state index in [0.717, 1.165) is 0 Å². The molecule has 0 aliphatic carbocycles. The maximum atomic E-state index is 10.7. The van der Waals surface area contributed by atoms with Gasteiger partial charge in [0.2, 0.25) is 0 Å². The lowest BCUT2D eigenvalue weighted by Crippen LogP contribution is -2.12. The van der Waals surface area contributed by atoms with Gasteiger partial charge in [0.05, 0.1) is 0 Å². The summed E-state index contributed by atoms with van der Waals surface area (Å²) >= 11 is 0. The largest absolute Gasteiger partial charge is 0.386 e. The van der Waals surface area contributed by atoms with Gasteiger partial charge in [-0.2, -0.15) is 0 Å². The molecule has 0 amide bonds. The SMILES string of the molecule is C=C(C)C(=O)OC(=O)C(=C)C.c1ccncc1. The molecule has 0 aliphatic rings. The summed E-state index contributed by atoms with van der Waals surface area (Å²) in [5, 5.41) is 0. The fraction of sp³-hybridized carbons (Fsp3) is 0.154. The molecular formula is C13H15NO3. The summed E-state index contributed by atoms with van der Waals surface area (Å²) < 4.78 is 4.30. The van der Waals surface area contributed by atoms with Crippen LogP contribution < -0.4 is 0 Å². The molecule has 1 aromatic rings. The normalized spacial score (nSPS) is 8.35. The van der Waals surface area contributed by atoms with Crippen molar-refractivity contribution in [1.29, 1.82) is 0 Å². The first-order valence-electron chi connectivity index (χ1n) is 4.87. The van der Waals surface area contributed by atoms with Crippen LogP contribution in [0.2, 0.25) is 0 Å². The number of ether oxygens (including phenoxy) is 1. The molecular weight excluding hydrogens is 218 g/mol. The van der Waals surface area contributed by atoms with E-state index in [2.05, 4.69) is 22.9 Å². The van der Waals surface area contributed by atoms with E-state index in [-0.39, 0.29) is 11.1 Å². The summed E-state index contributed by atoms with van der Waals surface area (Å²) in [6, 6.07) is 5.72. The zero-order valence-corrected chi connectivity index (χ0v) is 9.97. The van der Waals surface area contributed by atoms with Crippen molar-refractivity contribution in [2.24, 2.45) is 0 Å². The highest BCUT2D eigenvalue weighted by Crippen LogP contribution is 1.97. The number of carbonyl (C=O) groups is 2. The maximum absolute atomic E-state index is 10.7. The fourth-order valence-electron chi connectivity index (χ4n) is 0.571. The summed E-state index contributed by atoms with van der Waals surface area (Å²) in [5.41, 5.74) is 0.388. The zero-order valence-electron chi connectivity index (χ0n) is 9.97. The van der Waals surface area contributed by atoms with Gasteiger partial charge >= 0.3 is 11.9 Å². The van der Waals surface area contributed by atoms with Crippen LogP contribution in [0.1, 0.15) is 13.8 Å². The number of pyridine rings is 1. The number of esters is 2. The molecule has 4 heteroatoms. The molecule has 0 N–H and O–H groups in total. The summed E-state index contributed by atoms with van der Waals surface area (Å²) in [7, 11) is 0. The minimum atomic E-state index is -0.710. The standard InChI is InChI=1S/C8H10O3.C5H5N/c1-5(2)7(9)11-8(10)6(3)4;1-2-4-6-5-3-1/h1,3H2,2,4H3;1-5H. The van der Waals surface area contributed by atoms with Gasteiger partial charge in [-0.15, -0.1) is 0 Å². The molecule has 0 aliphatic heterocycles. The maximum Gasteiger partial charge on any atom is 0.340 e. The van der Waals surface area contributed by atoms with E-state index in [1.165, 1.54) is 13.8 Å². The highest BCUT2D eigenvalue weighted by atomic mass is 16.6. The predicted octanol–water partition coefficient (Wildman–Crippen LogP) is 2.29. The Labute approximate surface area is 101 Å². The highest BCUT2D eigenvalue weighted by Gasteiger charge is 2.10. The molecule has 90 valence electrons. The average molecular weight is 233 g/mol. The molecule has 1 rings (SSSR count). The van der Waals surface area contributed by atoms with Crippen LogP contribution in [-0.2, 0) is 14.3 Å². The van der Waals surface area contributed by atoms with E-state index in [4.69, 9.17) is 0 Å². The average Bonchev–Trinajstić information content (AvgIpc) is 2.31. The van der Waals surface area contributed by atoms with Crippen LogP contribution in [0, 0.1) is 0 Å². The third kappa shape index (κ3) is 7.67. The Morgan fingerprint density at radius 2 is 1.35 bits per heavy atom. The van der Waals surface area contributed by atoms with Crippen molar-refractivity contribution in [3.63, 3.8) is 0 Å². The van der Waals surface area contributed by atoms with Gasteiger partial charge in [0.15, 0.2) is 0 Å². The van der Waals surface area contributed by atoms with Gasteiger partial charge in [0.1, 0.15) is 0 Å². The minimum absolute atomic E-state index is 0.194. The van der Waals surface area contributed by atoms with Gasteiger partial charge in [-0.1, -0.05) is 19.2 Å². The Hall–Kier alpha value is -2.23. The summed E-state index contributed by atoms with van der Waals surface area (Å²) in [4.78, 5) is 25.1. The molecule has 0 aromatic carbocycles. The molecule has 0 fully saturated rings. The number of hydrogen-bond donors (Lipinski definition) is 0. The van der Waals surface area contributed by atoms with E-state index in [1.807, 2.05) is 18.2 Å². The van der Waals surface area contributed by atoms with Crippen molar-refractivity contribution >= 4 is 11.9 Å². The molecule has 0 unspecified atom stereocenters. The Morgan fingerprint density at radius 3 is 1.53 bits per heavy atom. The van der Waals surface area contributed by atoms with E-state index in [9.17, 15) is 9.59 Å². The van der Waals surface area contributed by atoms with Gasteiger partial charge < -0.3 is 4.74 Å². The monoisotopic (exact) mass is 233 g/mol. The molecule has 0 bridgehead atoms. The van der Waals surface area contributed by atoms with E-state index in [1.54, 1.807) is 12.4 Å². The van der Waals surface area contributed by atoms with Gasteiger partial charge in [-0.05, 0) is 26.0 Å². The summed E-state index contributed by atoms with van der Waals surface area (Å²) in [5.74, 6) is -1.42. The van der Waals surface area contributed by atoms with Crippen molar-refractivity contribution in [1.82, 2.24) is 4.98 Å². The van der Waals surface area contributed by atoms with E-state index in [0.29, 0.717) is 0 Å². The first kappa shape index (κ1) is 14.8. The van der Waals surface area contributed by atoms with Crippen molar-refractivity contribution in [2.45, 2.75) is 13.8 Å². The molecule has 0 atom stereocenters. The quantitative estimate of drug-likeness (QED) is 0.447. The van der Waals surface area contributed by atoms with E-state index < -0.39 is 11.9 Å². The third-order valence-corrected chi connectivity index (χ3v) is 1.45. The summed E-state index contributed by atoms with van der Waals surface area (Å²) in [6.07, 6.45) is 3.50. The molecule has 1 aromatic heterocycles. The van der Waals surface area contributed by atoms with Crippen LogP contribution in [0.3, 0.4) is 0 Å². The molecule has 17 heavy (non-hydrogen) atoms. The number of nitrogens with zero attached hydrogens (tertiary/aromatic N) is 1. The van der Waals surface area contributed by atoms with Crippen molar-refractivity contribution in [2.75, 3.05) is 0 Å². The van der Waals surface area contributed by atoms with Crippen molar-refractivity contribution in [3.05, 3.63) is 54.9 Å². The first-order chi connectivity index (χ1) is 7.95. The van der Waals surface area contributed by atoms with Gasteiger partial charge in [0, 0.05) is 23.5 Å². The van der Waals surface area contributed by atoms with Crippen LogP contribution in [0.25, 0.3) is 0 Å². The lowest BCUT2D eigenvalue weighted by atomic mass is 10.3. The second kappa shape index (κ2) is 7.98. The summed E-state index contributed by atoms with van der Waals surface area (Å²) in [6.45, 7) is 9.55. The number of hydrogen-bond acceptors (Lipinski definition) is 4. The van der Waals surface area contributed by atoms with Crippen LogP contribution in [0.5, 0.6) is 0 Å². The number of carbonyl (C=O) groups excluding carboxylic acids is 2. The Kier molecular flexibility index (Phi) is 6.94. The Morgan fingerprint density at radius 1 is 0.941 bits per heavy atom. The van der Waals surface area contributed by atoms with Crippen LogP contribution in [0.4, 0.5) is 0 Å². The third-order valence-electron chi connectivity index (χ3n) is 1.45. The molecule has 0 spiro atoms. The molecule has 1 heterocycles. The molecule has 0 saturated carbocycles. The van der Waals surface area contributed by atoms with E-state index >= 15 is 0 Å². The molecule has 0 radical (unpaired) electrons. The van der Waals surface area contributed by atoms with Crippen LogP contribution in [-0.4, -0.2) is 16.9 Å². The number of aromatic nitrogens is 1. The Bertz CT molecular complexity index is 359. The predicted molar refractivity (Wildman–Crippen MR) is 65.0 cm³/mol. The lowest BCUT2D eigenvalue weighted by molar-refractivity contribution is -0.153. The van der Waals surface area contributed by atoms with Gasteiger partial charge in [-0.25, -0.2) is 9.59 Å². The van der Waals surface area contributed by atoms with Gasteiger partial charge in [-0.3, -0.25) is 4.98 Å². The lowest BCUT2D eigenvalue weighted by Gasteiger charge is -1.99. The topological polar surface area (TPSA) is 56.3 Å². The minimum Gasteiger partial charge on any atom is -0.386 e. The second-order valence-electron chi connectivity index (χ2n) is 3.26. The van der Waals surface area contributed by atoms with Crippen molar-refractivity contribution in [3.8, 4) is 0 Å². The van der Waals surface area contributed by atoms with Crippen LogP contribution >= 0.6 is 0 Å². The fourth-order valence-corrected chi connectivity index (χ4v) is 0.571. The Balaban J connectivity index is 0.000000354. The molecule has 0 saturated heterocycles. The smallest absolute Gasteiger partial charge is 0.340 e. The van der Waals surface area contributed by atoms with Crippen molar-refractivity contribution < 1.29 is 14.3 Å². The number of rotatable bonds is 2. The highest BCUT2D eigenvalue weighted by molar-refractivity contribution is 6.00. The second-order valence-corrected chi connectivity index (χ2v) is 3.26. The first-order valence-corrected chi connectivity index (χ1v) is 4.87. The van der Waals surface area contributed by atoms with Crippen LogP contribution in [0.15, 0.2) is 54.9 Å². The molecule has 4 nitrogen and oxygen atoms in total. The van der Waals surface area contributed by atoms with Gasteiger partial charge in [0.25, 0.3) is 0 Å².